The molecule has 3 heterocycles. The summed E-state index contributed by atoms with van der Waals surface area (Å²) in [5.74, 6) is -0.832. The van der Waals surface area contributed by atoms with Crippen LogP contribution in [0.5, 0.6) is 0 Å². The zero-order valence-corrected chi connectivity index (χ0v) is 31.2. The van der Waals surface area contributed by atoms with E-state index in [0.717, 1.165) is 38.0 Å². The maximum Gasteiger partial charge on any atom is 0.410 e. The van der Waals surface area contributed by atoms with E-state index in [9.17, 15) is 24.9 Å². The molecule has 11 nitrogen and oxygen atoms in total. The third-order valence-electron chi connectivity index (χ3n) is 10.5. The molecule has 0 radical (unpaired) electrons. The first-order valence-corrected chi connectivity index (χ1v) is 18.3. The van der Waals surface area contributed by atoms with Gasteiger partial charge in [-0.25, -0.2) is 4.79 Å². The Morgan fingerprint density at radius 1 is 1.22 bits per heavy atom. The number of aliphatic hydroxyl groups excluding tert-OH is 2. The van der Waals surface area contributed by atoms with E-state index in [0.29, 0.717) is 32.4 Å². The number of amides is 1. The second kappa shape index (κ2) is 18.8. The number of allylic oxidation sites excluding steroid dienone is 2. The summed E-state index contributed by atoms with van der Waals surface area (Å²) >= 11 is 0. The van der Waals surface area contributed by atoms with Crippen LogP contribution < -0.4 is 0 Å². The van der Waals surface area contributed by atoms with Crippen LogP contribution in [0.3, 0.4) is 0 Å². The van der Waals surface area contributed by atoms with Crippen LogP contribution in [-0.2, 0) is 23.7 Å². The first-order valence-electron chi connectivity index (χ1n) is 18.3. The van der Waals surface area contributed by atoms with Crippen LogP contribution in [0.1, 0.15) is 93.4 Å². The summed E-state index contributed by atoms with van der Waals surface area (Å²) in [6.45, 7) is 17.3. The summed E-state index contributed by atoms with van der Waals surface area (Å²) in [6, 6.07) is 0. The monoisotopic (exact) mass is 692 g/mol. The van der Waals surface area contributed by atoms with Crippen molar-refractivity contribution in [2.75, 3.05) is 39.8 Å². The van der Waals surface area contributed by atoms with Gasteiger partial charge in [0.05, 0.1) is 36.4 Å². The first-order chi connectivity index (χ1) is 23.1. The molecule has 0 saturated carbocycles. The SMILES string of the molecule is CCCCN1CCN(C(=O)OC2/C=C\C(C)C(/C(C)=C/C=C/C(C)(O)CC3OC3C(C)C(O)CC)OC(=O)CC(O)CCC2(C)OC)CC1. The lowest BCUT2D eigenvalue weighted by molar-refractivity contribution is -0.151. The number of hydrogen-bond donors (Lipinski definition) is 3. The number of ether oxygens (including phenoxy) is 4. The third kappa shape index (κ3) is 12.5. The number of rotatable bonds is 13. The Balaban J connectivity index is 1.75. The quantitative estimate of drug-likeness (QED) is 0.107. The summed E-state index contributed by atoms with van der Waals surface area (Å²) < 4.78 is 23.7. The summed E-state index contributed by atoms with van der Waals surface area (Å²) in [6.07, 6.45) is 9.31. The van der Waals surface area contributed by atoms with Gasteiger partial charge in [0.25, 0.3) is 0 Å². The summed E-state index contributed by atoms with van der Waals surface area (Å²) in [5, 5.41) is 32.0. The molecule has 3 aliphatic rings. The smallest absolute Gasteiger partial charge is 0.410 e. The fourth-order valence-electron chi connectivity index (χ4n) is 6.73. The van der Waals surface area contributed by atoms with E-state index in [1.54, 1.807) is 31.1 Å². The van der Waals surface area contributed by atoms with Crippen LogP contribution in [-0.4, -0.2) is 125 Å². The van der Waals surface area contributed by atoms with Crippen molar-refractivity contribution in [1.29, 1.82) is 0 Å². The number of carbonyl (C=O) groups is 2. The Morgan fingerprint density at radius 3 is 2.55 bits per heavy atom. The molecule has 2 fully saturated rings. The number of aliphatic hydroxyl groups is 3. The zero-order valence-electron chi connectivity index (χ0n) is 31.2. The topological polar surface area (TPSA) is 142 Å². The van der Waals surface area contributed by atoms with Crippen LogP contribution >= 0.6 is 0 Å². The molecule has 3 rings (SSSR count). The van der Waals surface area contributed by atoms with Crippen molar-refractivity contribution in [3.63, 3.8) is 0 Å². The summed E-state index contributed by atoms with van der Waals surface area (Å²) in [5.41, 5.74) is -1.34. The van der Waals surface area contributed by atoms with Gasteiger partial charge in [0.2, 0.25) is 0 Å². The van der Waals surface area contributed by atoms with E-state index in [-0.39, 0.29) is 36.9 Å². The minimum atomic E-state index is -1.14. The van der Waals surface area contributed by atoms with Gasteiger partial charge in [0.15, 0.2) is 6.10 Å². The van der Waals surface area contributed by atoms with Crippen LogP contribution in [0.25, 0.3) is 0 Å². The second-order valence-corrected chi connectivity index (χ2v) is 14.9. The van der Waals surface area contributed by atoms with Gasteiger partial charge in [-0.05, 0) is 64.6 Å². The predicted molar refractivity (Wildman–Crippen MR) is 189 cm³/mol. The molecule has 11 heteroatoms. The second-order valence-electron chi connectivity index (χ2n) is 14.9. The van der Waals surface area contributed by atoms with E-state index in [1.807, 2.05) is 52.8 Å². The van der Waals surface area contributed by atoms with Crippen molar-refractivity contribution in [3.8, 4) is 0 Å². The molecule has 1 amide bonds. The Kier molecular flexibility index (Phi) is 15.8. The van der Waals surface area contributed by atoms with Crippen molar-refractivity contribution in [1.82, 2.24) is 9.80 Å². The molecule has 0 aliphatic carbocycles. The van der Waals surface area contributed by atoms with Crippen molar-refractivity contribution in [3.05, 3.63) is 36.0 Å². The van der Waals surface area contributed by atoms with Crippen LogP contribution in [0.2, 0.25) is 0 Å². The number of hydrogen-bond acceptors (Lipinski definition) is 10. The first kappa shape index (κ1) is 41.1. The average Bonchev–Trinajstić information content (AvgIpc) is 3.83. The lowest BCUT2D eigenvalue weighted by Gasteiger charge is -2.38. The number of esters is 1. The molecule has 0 spiro atoms. The van der Waals surface area contributed by atoms with Gasteiger partial charge in [-0.2, -0.15) is 0 Å². The summed E-state index contributed by atoms with van der Waals surface area (Å²) in [7, 11) is 1.57. The number of methoxy groups -OCH3 is 1. The Labute approximate surface area is 294 Å². The molecular formula is C38H64N2O9. The lowest BCUT2D eigenvalue weighted by Crippen LogP contribution is -2.51. The fraction of sp³-hybridized carbons (Fsp3) is 0.789. The minimum Gasteiger partial charge on any atom is -0.457 e. The predicted octanol–water partition coefficient (Wildman–Crippen LogP) is 4.78. The molecule has 0 bridgehead atoms. The van der Waals surface area contributed by atoms with Crippen LogP contribution in [0, 0.1) is 11.8 Å². The maximum atomic E-state index is 13.4. The minimum absolute atomic E-state index is 0.00307. The van der Waals surface area contributed by atoms with Gasteiger partial charge in [-0.1, -0.05) is 58.4 Å². The largest absolute Gasteiger partial charge is 0.457 e. The third-order valence-corrected chi connectivity index (χ3v) is 10.5. The highest BCUT2D eigenvalue weighted by molar-refractivity contribution is 5.70. The highest BCUT2D eigenvalue weighted by Gasteiger charge is 2.47. The molecule has 10 atom stereocenters. The van der Waals surface area contributed by atoms with E-state index < -0.39 is 47.7 Å². The molecule has 0 aromatic heterocycles. The highest BCUT2D eigenvalue weighted by atomic mass is 16.6. The van der Waals surface area contributed by atoms with E-state index in [2.05, 4.69) is 11.8 Å². The number of carbonyl (C=O) groups excluding carboxylic acids is 2. The normalized spacial score (nSPS) is 33.9. The molecule has 3 N–H and O–H groups in total. The summed E-state index contributed by atoms with van der Waals surface area (Å²) in [4.78, 5) is 30.5. The van der Waals surface area contributed by atoms with Crippen molar-refractivity contribution >= 4 is 12.1 Å². The molecule has 0 aromatic rings. The number of epoxide rings is 1. The number of piperazine rings is 1. The van der Waals surface area contributed by atoms with Gasteiger partial charge >= 0.3 is 12.1 Å². The van der Waals surface area contributed by atoms with Gasteiger partial charge in [0.1, 0.15) is 11.7 Å². The average molecular weight is 693 g/mol. The standard InChI is InChI=1S/C38H64N2O9/c1-9-11-19-39-20-22-40(23-21-39)36(44)48-32-15-14-27(4)34(49-33(43)24-29(41)16-18-38(32,7)46-8)26(3)13-12-17-37(6,45)25-31-35(47-31)28(5)30(42)10-2/h12-15,17,27-32,34-35,41-42,45H,9-11,16,18-25H2,1-8H3/b15-14-,17-12+,26-13+. The van der Waals surface area contributed by atoms with Gasteiger partial charge in [0, 0.05) is 51.5 Å². The van der Waals surface area contributed by atoms with Gasteiger partial charge in [-0.3, -0.25) is 9.69 Å². The highest BCUT2D eigenvalue weighted by Crippen LogP contribution is 2.37. The van der Waals surface area contributed by atoms with Crippen molar-refractivity contribution < 1.29 is 43.9 Å². The number of nitrogens with zero attached hydrogens (tertiary/aromatic N) is 2. The molecule has 49 heavy (non-hydrogen) atoms. The maximum absolute atomic E-state index is 13.4. The van der Waals surface area contributed by atoms with Crippen molar-refractivity contribution in [2.45, 2.75) is 141 Å². The van der Waals surface area contributed by atoms with E-state index in [4.69, 9.17) is 18.9 Å². The van der Waals surface area contributed by atoms with Gasteiger partial charge in [-0.15, -0.1) is 0 Å². The van der Waals surface area contributed by atoms with Gasteiger partial charge < -0.3 is 39.2 Å². The molecule has 10 unspecified atom stereocenters. The molecule has 3 aliphatic heterocycles. The lowest BCUT2D eigenvalue weighted by atomic mass is 9.88. The van der Waals surface area contributed by atoms with E-state index >= 15 is 0 Å². The Bertz CT molecular complexity index is 1150. The number of unbranched alkanes of at least 4 members (excludes halogenated alkanes) is 1. The van der Waals surface area contributed by atoms with Crippen molar-refractivity contribution in [2.24, 2.45) is 11.8 Å². The zero-order chi connectivity index (χ0) is 36.4. The van der Waals surface area contributed by atoms with Crippen LogP contribution in [0.15, 0.2) is 36.0 Å². The number of cyclic esters (lactones) is 1. The Morgan fingerprint density at radius 2 is 1.92 bits per heavy atom. The molecule has 0 aromatic carbocycles. The van der Waals surface area contributed by atoms with Crippen LogP contribution in [0.4, 0.5) is 4.79 Å². The molecule has 280 valence electrons. The Hall–Kier alpha value is -2.28. The molecular weight excluding hydrogens is 628 g/mol. The van der Waals surface area contributed by atoms with E-state index in [1.165, 1.54) is 0 Å². The fourth-order valence-corrected chi connectivity index (χ4v) is 6.73. The molecule has 2 saturated heterocycles.